The second-order valence-corrected chi connectivity index (χ2v) is 10.6. The van der Waals surface area contributed by atoms with Crippen LogP contribution in [-0.4, -0.2) is 39.4 Å². The SMILES string of the molecule is C1=CC(c2ccc(-c3ccccc3)c(C3CCNCC3)c2)Oc2cc(N3CCOCC3)c3ccccc3c21. The lowest BCUT2D eigenvalue weighted by atomic mass is 9.83. The van der Waals surface area contributed by atoms with Crippen LogP contribution < -0.4 is 15.0 Å². The minimum Gasteiger partial charge on any atom is -0.481 e. The number of hydrogen-bond donors (Lipinski definition) is 1. The molecule has 7 rings (SSSR count). The van der Waals surface area contributed by atoms with E-state index in [-0.39, 0.29) is 6.10 Å². The fourth-order valence-corrected chi connectivity index (χ4v) is 6.34. The molecule has 1 N–H and O–H groups in total. The second kappa shape index (κ2) is 10.3. The molecule has 192 valence electrons. The average molecular weight is 503 g/mol. The molecule has 0 radical (unpaired) electrons. The molecule has 3 heterocycles. The van der Waals surface area contributed by atoms with Gasteiger partial charge < -0.3 is 19.7 Å². The van der Waals surface area contributed by atoms with E-state index in [4.69, 9.17) is 9.47 Å². The second-order valence-electron chi connectivity index (χ2n) is 10.6. The highest BCUT2D eigenvalue weighted by atomic mass is 16.5. The molecule has 0 bridgehead atoms. The number of fused-ring (bicyclic) bond motifs is 3. The molecular weight excluding hydrogens is 468 g/mol. The summed E-state index contributed by atoms with van der Waals surface area (Å²) in [6.07, 6.45) is 6.73. The zero-order chi connectivity index (χ0) is 25.3. The van der Waals surface area contributed by atoms with Crippen LogP contribution in [-0.2, 0) is 4.74 Å². The number of nitrogens with one attached hydrogen (secondary N) is 1. The number of benzene rings is 4. The number of ether oxygens (including phenoxy) is 2. The molecule has 0 aliphatic carbocycles. The van der Waals surface area contributed by atoms with Gasteiger partial charge in [-0.1, -0.05) is 78.9 Å². The molecular formula is C34H34N2O2. The lowest BCUT2D eigenvalue weighted by Crippen LogP contribution is -2.36. The van der Waals surface area contributed by atoms with Gasteiger partial charge in [0, 0.05) is 35.8 Å². The van der Waals surface area contributed by atoms with E-state index >= 15 is 0 Å². The van der Waals surface area contributed by atoms with Crippen LogP contribution in [0.25, 0.3) is 28.0 Å². The Kier molecular flexibility index (Phi) is 6.36. The Morgan fingerprint density at radius 1 is 0.789 bits per heavy atom. The van der Waals surface area contributed by atoms with Gasteiger partial charge in [-0.05, 0) is 65.6 Å². The van der Waals surface area contributed by atoms with Crippen LogP contribution in [0.5, 0.6) is 5.75 Å². The molecule has 3 aliphatic heterocycles. The summed E-state index contributed by atoms with van der Waals surface area (Å²) >= 11 is 0. The highest BCUT2D eigenvalue weighted by molar-refractivity contribution is 6.02. The molecule has 38 heavy (non-hydrogen) atoms. The highest BCUT2D eigenvalue weighted by Crippen LogP contribution is 2.43. The Bertz CT molecular complexity index is 1470. The van der Waals surface area contributed by atoms with Gasteiger partial charge in [-0.2, -0.15) is 0 Å². The van der Waals surface area contributed by atoms with Crippen molar-refractivity contribution in [2.24, 2.45) is 0 Å². The van der Waals surface area contributed by atoms with Crippen molar-refractivity contribution in [3.8, 4) is 16.9 Å². The molecule has 0 spiro atoms. The Labute approximate surface area is 224 Å². The summed E-state index contributed by atoms with van der Waals surface area (Å²) in [6, 6.07) is 28.8. The highest BCUT2D eigenvalue weighted by Gasteiger charge is 2.25. The maximum Gasteiger partial charge on any atom is 0.142 e. The fourth-order valence-electron chi connectivity index (χ4n) is 6.34. The Hall–Kier alpha value is -3.60. The Morgan fingerprint density at radius 2 is 1.55 bits per heavy atom. The lowest BCUT2D eigenvalue weighted by Gasteiger charge is -2.32. The van der Waals surface area contributed by atoms with Crippen molar-refractivity contribution < 1.29 is 9.47 Å². The van der Waals surface area contributed by atoms with Gasteiger partial charge >= 0.3 is 0 Å². The van der Waals surface area contributed by atoms with Crippen molar-refractivity contribution in [1.29, 1.82) is 0 Å². The number of morpholine rings is 1. The smallest absolute Gasteiger partial charge is 0.142 e. The van der Waals surface area contributed by atoms with Crippen LogP contribution in [0, 0.1) is 0 Å². The van der Waals surface area contributed by atoms with E-state index in [9.17, 15) is 0 Å². The molecule has 1 atom stereocenters. The third-order valence-electron chi connectivity index (χ3n) is 8.34. The molecule has 4 heteroatoms. The lowest BCUT2D eigenvalue weighted by molar-refractivity contribution is 0.123. The summed E-state index contributed by atoms with van der Waals surface area (Å²) in [6.45, 7) is 5.50. The molecule has 0 saturated carbocycles. The van der Waals surface area contributed by atoms with E-state index in [1.54, 1.807) is 0 Å². The van der Waals surface area contributed by atoms with Crippen LogP contribution in [0.1, 0.15) is 41.6 Å². The maximum atomic E-state index is 6.79. The number of piperidine rings is 1. The summed E-state index contributed by atoms with van der Waals surface area (Å²) in [7, 11) is 0. The molecule has 2 fully saturated rings. The van der Waals surface area contributed by atoms with E-state index < -0.39 is 0 Å². The van der Waals surface area contributed by atoms with Crippen molar-refractivity contribution >= 4 is 22.5 Å². The van der Waals surface area contributed by atoms with Crippen LogP contribution in [0.4, 0.5) is 5.69 Å². The molecule has 0 aromatic heterocycles. The van der Waals surface area contributed by atoms with Crippen LogP contribution in [0.15, 0.2) is 84.9 Å². The number of nitrogens with zero attached hydrogens (tertiary/aromatic N) is 1. The summed E-state index contributed by atoms with van der Waals surface area (Å²) in [4.78, 5) is 2.44. The number of anilines is 1. The van der Waals surface area contributed by atoms with Crippen LogP contribution in [0.2, 0.25) is 0 Å². The predicted molar refractivity (Wildman–Crippen MR) is 156 cm³/mol. The normalized spacial score (nSPS) is 19.8. The van der Waals surface area contributed by atoms with E-state index in [0.29, 0.717) is 5.92 Å². The molecule has 1 unspecified atom stereocenters. The molecule has 4 aromatic carbocycles. The van der Waals surface area contributed by atoms with Crippen LogP contribution in [0.3, 0.4) is 0 Å². The van der Waals surface area contributed by atoms with Gasteiger partial charge in [0.15, 0.2) is 0 Å². The third kappa shape index (κ3) is 4.38. The average Bonchev–Trinajstić information content (AvgIpc) is 3.01. The third-order valence-corrected chi connectivity index (χ3v) is 8.34. The van der Waals surface area contributed by atoms with Gasteiger partial charge in [-0.25, -0.2) is 0 Å². The van der Waals surface area contributed by atoms with Gasteiger partial charge in [-0.15, -0.1) is 0 Å². The summed E-state index contributed by atoms with van der Waals surface area (Å²) in [5, 5.41) is 6.06. The molecule has 3 aliphatic rings. The van der Waals surface area contributed by atoms with E-state index in [1.165, 1.54) is 57.1 Å². The van der Waals surface area contributed by atoms with Gasteiger partial charge in [0.1, 0.15) is 11.9 Å². The van der Waals surface area contributed by atoms with E-state index in [0.717, 1.165) is 45.1 Å². The van der Waals surface area contributed by atoms with Crippen molar-refractivity contribution in [2.75, 3.05) is 44.3 Å². The molecule has 0 amide bonds. The van der Waals surface area contributed by atoms with Crippen molar-refractivity contribution in [3.63, 3.8) is 0 Å². The summed E-state index contributed by atoms with van der Waals surface area (Å²) in [5.74, 6) is 1.52. The first-order valence-corrected chi connectivity index (χ1v) is 14.0. The standard InChI is InChI=1S/C34H34N2O2/c1-2-6-24(7-3-1)27-11-10-26(22-31(27)25-14-16-35-17-15-25)33-13-12-30-28-8-4-5-9-29(28)32(23-34(30)38-33)36-18-20-37-21-19-36/h1-13,22-23,25,33,35H,14-21H2. The first-order valence-electron chi connectivity index (χ1n) is 14.0. The quantitative estimate of drug-likeness (QED) is 0.327. The van der Waals surface area contributed by atoms with Crippen LogP contribution >= 0.6 is 0 Å². The Morgan fingerprint density at radius 3 is 2.37 bits per heavy atom. The number of hydrogen-bond acceptors (Lipinski definition) is 4. The summed E-state index contributed by atoms with van der Waals surface area (Å²) in [5.41, 5.74) is 7.73. The van der Waals surface area contributed by atoms with E-state index in [1.807, 2.05) is 0 Å². The zero-order valence-electron chi connectivity index (χ0n) is 21.7. The number of rotatable bonds is 4. The van der Waals surface area contributed by atoms with Crippen molar-refractivity contribution in [1.82, 2.24) is 5.32 Å². The topological polar surface area (TPSA) is 33.7 Å². The van der Waals surface area contributed by atoms with Crippen molar-refractivity contribution in [3.05, 3.63) is 102 Å². The van der Waals surface area contributed by atoms with Gasteiger partial charge in [-0.3, -0.25) is 0 Å². The minimum absolute atomic E-state index is 0.105. The molecule has 4 nitrogen and oxygen atoms in total. The van der Waals surface area contributed by atoms with Gasteiger partial charge in [0.2, 0.25) is 0 Å². The monoisotopic (exact) mass is 502 g/mol. The first kappa shape index (κ1) is 23.5. The van der Waals surface area contributed by atoms with E-state index in [2.05, 4.69) is 101 Å². The fraction of sp³-hybridized carbons (Fsp3) is 0.294. The summed E-state index contributed by atoms with van der Waals surface area (Å²) < 4.78 is 12.4. The van der Waals surface area contributed by atoms with Crippen molar-refractivity contribution in [2.45, 2.75) is 24.9 Å². The largest absolute Gasteiger partial charge is 0.481 e. The van der Waals surface area contributed by atoms with Gasteiger partial charge in [0.25, 0.3) is 0 Å². The maximum absolute atomic E-state index is 6.79. The van der Waals surface area contributed by atoms with Gasteiger partial charge in [0.05, 0.1) is 13.2 Å². The molecule has 2 saturated heterocycles. The predicted octanol–water partition coefficient (Wildman–Crippen LogP) is 6.96. The minimum atomic E-state index is -0.105. The zero-order valence-corrected chi connectivity index (χ0v) is 21.7. The first-order chi connectivity index (χ1) is 18.8. The molecule has 4 aromatic rings. The Balaban J connectivity index is 1.28.